The molecule has 0 aliphatic carbocycles. The van der Waals surface area contributed by atoms with Gasteiger partial charge < -0.3 is 19.5 Å². The van der Waals surface area contributed by atoms with Crippen molar-refractivity contribution in [1.29, 1.82) is 0 Å². The third-order valence-corrected chi connectivity index (χ3v) is 4.82. The summed E-state index contributed by atoms with van der Waals surface area (Å²) in [6.45, 7) is -0.423. The quantitative estimate of drug-likeness (QED) is 0.513. The lowest BCUT2D eigenvalue weighted by Crippen LogP contribution is -2.22. The van der Waals surface area contributed by atoms with Gasteiger partial charge in [-0.05, 0) is 22.8 Å². The zero-order valence-corrected chi connectivity index (χ0v) is 17.9. The minimum Gasteiger partial charge on any atom is -0.495 e. The molecule has 0 aliphatic heterocycles. The number of carbonyl (C=O) groups excluding carboxylic acids is 2. The molecule has 0 spiro atoms. The van der Waals surface area contributed by atoms with Crippen LogP contribution >= 0.6 is 11.6 Å². The number of hydrogen-bond donors (Lipinski definition) is 1. The Labute approximate surface area is 185 Å². The lowest BCUT2D eigenvalue weighted by Gasteiger charge is -2.13. The zero-order valence-electron chi connectivity index (χ0n) is 17.2. The Morgan fingerprint density at radius 3 is 2.16 bits per heavy atom. The summed E-state index contributed by atoms with van der Waals surface area (Å²) in [7, 11) is 2.94. The molecular formula is C24H22ClNO5. The van der Waals surface area contributed by atoms with Crippen LogP contribution in [0.15, 0.2) is 66.7 Å². The average Bonchev–Trinajstić information content (AvgIpc) is 2.79. The van der Waals surface area contributed by atoms with E-state index in [1.807, 2.05) is 54.6 Å². The summed E-state index contributed by atoms with van der Waals surface area (Å²) in [6.07, 6.45) is 0.0695. The first-order valence-electron chi connectivity index (χ1n) is 9.51. The highest BCUT2D eigenvalue weighted by Gasteiger charge is 2.14. The first kappa shape index (κ1) is 22.2. The van der Waals surface area contributed by atoms with Crippen molar-refractivity contribution in [2.75, 3.05) is 26.1 Å². The molecule has 0 fully saturated rings. The maximum atomic E-state index is 12.2. The molecule has 160 valence electrons. The molecule has 3 aromatic rings. The summed E-state index contributed by atoms with van der Waals surface area (Å²) in [5, 5.41) is 2.93. The second kappa shape index (κ2) is 10.5. The van der Waals surface area contributed by atoms with Crippen LogP contribution in [0.4, 0.5) is 5.69 Å². The molecule has 0 radical (unpaired) electrons. The Kier molecular flexibility index (Phi) is 7.51. The first-order chi connectivity index (χ1) is 15.0. The van der Waals surface area contributed by atoms with Crippen LogP contribution in [0.25, 0.3) is 11.1 Å². The van der Waals surface area contributed by atoms with Gasteiger partial charge in [0.15, 0.2) is 6.61 Å². The molecule has 0 unspecified atom stereocenters. The summed E-state index contributed by atoms with van der Waals surface area (Å²) < 4.78 is 15.4. The van der Waals surface area contributed by atoms with Gasteiger partial charge in [-0.15, -0.1) is 0 Å². The second-order valence-corrected chi connectivity index (χ2v) is 7.04. The zero-order chi connectivity index (χ0) is 22.2. The second-order valence-electron chi connectivity index (χ2n) is 6.64. The Morgan fingerprint density at radius 1 is 0.871 bits per heavy atom. The van der Waals surface area contributed by atoms with Crippen molar-refractivity contribution in [2.45, 2.75) is 6.42 Å². The van der Waals surface area contributed by atoms with Gasteiger partial charge in [-0.1, -0.05) is 66.2 Å². The fourth-order valence-corrected chi connectivity index (χ4v) is 3.19. The maximum Gasteiger partial charge on any atom is 0.310 e. The van der Waals surface area contributed by atoms with Crippen molar-refractivity contribution in [2.24, 2.45) is 0 Å². The van der Waals surface area contributed by atoms with E-state index in [0.717, 1.165) is 16.7 Å². The number of carbonyl (C=O) groups is 2. The van der Waals surface area contributed by atoms with Gasteiger partial charge in [0, 0.05) is 6.07 Å². The fourth-order valence-electron chi connectivity index (χ4n) is 2.95. The Hall–Kier alpha value is -3.51. The third-order valence-electron chi connectivity index (χ3n) is 4.52. The highest BCUT2D eigenvalue weighted by molar-refractivity contribution is 6.32. The molecule has 3 rings (SSSR count). The number of methoxy groups -OCH3 is 2. The smallest absolute Gasteiger partial charge is 0.310 e. The van der Waals surface area contributed by atoms with Gasteiger partial charge in [0.25, 0.3) is 5.91 Å². The van der Waals surface area contributed by atoms with Crippen molar-refractivity contribution in [1.82, 2.24) is 0 Å². The van der Waals surface area contributed by atoms with Gasteiger partial charge >= 0.3 is 5.97 Å². The number of ether oxygens (including phenoxy) is 3. The minimum absolute atomic E-state index is 0.0695. The average molecular weight is 440 g/mol. The van der Waals surface area contributed by atoms with Crippen molar-refractivity contribution >= 4 is 29.2 Å². The summed E-state index contributed by atoms with van der Waals surface area (Å²) in [6, 6.07) is 20.7. The molecule has 0 aliphatic rings. The standard InChI is InChI=1S/C24H22ClNO5/c1-29-21-14-22(30-2)20(13-19(21)25)26-23(27)15-31-24(28)12-16-8-10-18(11-9-16)17-6-4-3-5-7-17/h3-11,13-14H,12,15H2,1-2H3,(H,26,27). The number of anilines is 1. The highest BCUT2D eigenvalue weighted by Crippen LogP contribution is 2.35. The predicted molar refractivity (Wildman–Crippen MR) is 120 cm³/mol. The van der Waals surface area contributed by atoms with Crippen LogP contribution in [0.1, 0.15) is 5.56 Å². The highest BCUT2D eigenvalue weighted by atomic mass is 35.5. The Bertz CT molecular complexity index is 1050. The number of nitrogens with one attached hydrogen (secondary N) is 1. The van der Waals surface area contributed by atoms with Gasteiger partial charge in [0.05, 0.1) is 31.4 Å². The summed E-state index contributed by atoms with van der Waals surface area (Å²) in [5.41, 5.74) is 3.31. The lowest BCUT2D eigenvalue weighted by atomic mass is 10.0. The van der Waals surface area contributed by atoms with Gasteiger partial charge in [-0.2, -0.15) is 0 Å². The van der Waals surface area contributed by atoms with Crippen LogP contribution in [0.3, 0.4) is 0 Å². The molecule has 0 heterocycles. The first-order valence-corrected chi connectivity index (χ1v) is 9.89. The van der Waals surface area contributed by atoms with E-state index in [4.69, 9.17) is 25.8 Å². The topological polar surface area (TPSA) is 73.9 Å². The maximum absolute atomic E-state index is 12.2. The number of rotatable bonds is 8. The van der Waals surface area contributed by atoms with Crippen molar-refractivity contribution < 1.29 is 23.8 Å². The number of amides is 1. The van der Waals surface area contributed by atoms with Crippen LogP contribution in [-0.2, 0) is 20.7 Å². The SMILES string of the molecule is COc1cc(OC)c(NC(=O)COC(=O)Cc2ccc(-c3ccccc3)cc2)cc1Cl. The van der Waals surface area contributed by atoms with Crippen molar-refractivity contribution in [3.05, 3.63) is 77.3 Å². The van der Waals surface area contributed by atoms with Gasteiger partial charge in [0.1, 0.15) is 11.5 Å². The van der Waals surface area contributed by atoms with Gasteiger partial charge in [-0.3, -0.25) is 9.59 Å². The predicted octanol–water partition coefficient (Wildman–Crippen LogP) is 4.75. The molecule has 0 bridgehead atoms. The molecule has 1 N–H and O–H groups in total. The number of halogens is 1. The minimum atomic E-state index is -0.507. The van der Waals surface area contributed by atoms with Crippen molar-refractivity contribution in [3.8, 4) is 22.6 Å². The van der Waals surface area contributed by atoms with E-state index in [1.54, 1.807) is 6.07 Å². The van der Waals surface area contributed by atoms with Crippen LogP contribution in [-0.4, -0.2) is 32.7 Å². The van der Waals surface area contributed by atoms with Crippen molar-refractivity contribution in [3.63, 3.8) is 0 Å². The number of hydrogen-bond acceptors (Lipinski definition) is 5. The molecule has 1 amide bonds. The van der Waals surface area contributed by atoms with E-state index in [9.17, 15) is 9.59 Å². The lowest BCUT2D eigenvalue weighted by molar-refractivity contribution is -0.146. The fraction of sp³-hybridized carbons (Fsp3) is 0.167. The van der Waals surface area contributed by atoms with Crippen LogP contribution in [0.2, 0.25) is 5.02 Å². The molecule has 0 atom stereocenters. The molecule has 6 nitrogen and oxygen atoms in total. The van der Waals surface area contributed by atoms with Crippen LogP contribution in [0, 0.1) is 0 Å². The number of esters is 1. The van der Waals surface area contributed by atoms with E-state index in [0.29, 0.717) is 22.2 Å². The molecule has 0 aromatic heterocycles. The monoisotopic (exact) mass is 439 g/mol. The van der Waals surface area contributed by atoms with Crippen LogP contribution < -0.4 is 14.8 Å². The summed E-state index contributed by atoms with van der Waals surface area (Å²) in [4.78, 5) is 24.3. The molecule has 3 aromatic carbocycles. The molecular weight excluding hydrogens is 418 g/mol. The molecule has 31 heavy (non-hydrogen) atoms. The van der Waals surface area contributed by atoms with E-state index in [-0.39, 0.29) is 6.42 Å². The number of benzene rings is 3. The summed E-state index contributed by atoms with van der Waals surface area (Å²) in [5.74, 6) is -0.213. The Balaban J connectivity index is 1.53. The molecule has 7 heteroatoms. The van der Waals surface area contributed by atoms with E-state index >= 15 is 0 Å². The normalized spacial score (nSPS) is 10.3. The van der Waals surface area contributed by atoms with Crippen LogP contribution in [0.5, 0.6) is 11.5 Å². The molecule has 0 saturated heterocycles. The van der Waals surface area contributed by atoms with Gasteiger partial charge in [0.2, 0.25) is 0 Å². The Morgan fingerprint density at radius 2 is 1.52 bits per heavy atom. The van der Waals surface area contributed by atoms with Gasteiger partial charge in [-0.25, -0.2) is 0 Å². The largest absolute Gasteiger partial charge is 0.495 e. The van der Waals surface area contributed by atoms with E-state index in [1.165, 1.54) is 20.3 Å². The summed E-state index contributed by atoms with van der Waals surface area (Å²) >= 11 is 6.09. The van der Waals surface area contributed by atoms with E-state index in [2.05, 4.69) is 5.32 Å². The third kappa shape index (κ3) is 5.99. The van der Waals surface area contributed by atoms with E-state index < -0.39 is 18.5 Å². The molecule has 0 saturated carbocycles.